The number of hydrogen-bond donors (Lipinski definition) is 0. The lowest BCUT2D eigenvalue weighted by Gasteiger charge is -1.98. The van der Waals surface area contributed by atoms with E-state index in [1.807, 2.05) is 19.1 Å². The predicted molar refractivity (Wildman–Crippen MR) is 63.5 cm³/mol. The Morgan fingerprint density at radius 1 is 1.36 bits per heavy atom. The van der Waals surface area contributed by atoms with Crippen LogP contribution in [0.2, 0.25) is 0 Å². The van der Waals surface area contributed by atoms with Crippen molar-refractivity contribution in [1.29, 1.82) is 0 Å². The normalized spacial score (nSPS) is 18.6. The van der Waals surface area contributed by atoms with Gasteiger partial charge in [0.15, 0.2) is 0 Å². The average Bonchev–Trinajstić information content (AvgIpc) is 2.99. The molecular formula is C13H17N. The highest BCUT2D eigenvalue weighted by atomic mass is 14.7. The lowest BCUT2D eigenvalue weighted by molar-refractivity contribution is 1.12. The Morgan fingerprint density at radius 3 is 2.50 bits per heavy atom. The third kappa shape index (κ3) is 3.17. The summed E-state index contributed by atoms with van der Waals surface area (Å²) >= 11 is 0. The van der Waals surface area contributed by atoms with E-state index in [1.165, 1.54) is 12.8 Å². The molecule has 1 nitrogen and oxygen atoms in total. The van der Waals surface area contributed by atoms with Gasteiger partial charge in [-0.1, -0.05) is 30.9 Å². The van der Waals surface area contributed by atoms with Crippen molar-refractivity contribution in [3.63, 3.8) is 0 Å². The molecule has 1 heteroatoms. The molecule has 1 rings (SSSR count). The molecular weight excluding hydrogens is 170 g/mol. The minimum atomic E-state index is 0.783. The van der Waals surface area contributed by atoms with Crippen LogP contribution in [0.15, 0.2) is 53.2 Å². The number of aliphatic imine (C=N–C) groups is 1. The lowest BCUT2D eigenvalue weighted by Crippen LogP contribution is -1.80. The van der Waals surface area contributed by atoms with Crippen LogP contribution >= 0.6 is 0 Å². The van der Waals surface area contributed by atoms with Crippen LogP contribution in [0.4, 0.5) is 0 Å². The van der Waals surface area contributed by atoms with Gasteiger partial charge in [-0.25, -0.2) is 0 Å². The number of rotatable bonds is 5. The first-order chi connectivity index (χ1) is 6.81. The quantitative estimate of drug-likeness (QED) is 0.460. The lowest BCUT2D eigenvalue weighted by atomic mass is 10.1. The summed E-state index contributed by atoms with van der Waals surface area (Å²) in [5.41, 5.74) is 1.93. The maximum Gasteiger partial charge on any atom is 0.0688 e. The number of hydrogen-bond acceptors (Lipinski definition) is 1. The highest BCUT2D eigenvalue weighted by Crippen LogP contribution is 2.30. The predicted octanol–water partition coefficient (Wildman–Crippen LogP) is 3.67. The summed E-state index contributed by atoms with van der Waals surface area (Å²) in [6.07, 6.45) is 12.8. The van der Waals surface area contributed by atoms with E-state index in [0.717, 1.165) is 17.2 Å². The van der Waals surface area contributed by atoms with Gasteiger partial charge in [-0.2, -0.15) is 0 Å². The second-order valence-corrected chi connectivity index (χ2v) is 3.40. The van der Waals surface area contributed by atoms with E-state index in [4.69, 9.17) is 0 Å². The third-order valence-corrected chi connectivity index (χ3v) is 2.18. The van der Waals surface area contributed by atoms with Gasteiger partial charge in [0.2, 0.25) is 0 Å². The summed E-state index contributed by atoms with van der Waals surface area (Å²) in [6.45, 7) is 9.24. The Bertz CT molecular complexity index is 291. The zero-order valence-corrected chi connectivity index (χ0v) is 8.74. The zero-order chi connectivity index (χ0) is 10.4. The fraction of sp³-hybridized carbons (Fsp3) is 0.308. The standard InChI is InChI=1S/C13H17N/c1-4-6-12(13(5-2)14-3)10-9-11-7-8-11/h4-6,9-11H,2-3,7-8H2,1H3/b6-4-,10-9+,13-12-. The van der Waals surface area contributed by atoms with Gasteiger partial charge in [0.05, 0.1) is 5.70 Å². The molecule has 0 aliphatic heterocycles. The van der Waals surface area contributed by atoms with Crippen LogP contribution in [0.25, 0.3) is 0 Å². The van der Waals surface area contributed by atoms with Crippen molar-refractivity contribution < 1.29 is 0 Å². The van der Waals surface area contributed by atoms with Gasteiger partial charge < -0.3 is 0 Å². The zero-order valence-electron chi connectivity index (χ0n) is 8.74. The first-order valence-electron chi connectivity index (χ1n) is 4.96. The molecule has 1 saturated carbocycles. The van der Waals surface area contributed by atoms with Crippen molar-refractivity contribution in [2.75, 3.05) is 0 Å². The molecule has 1 aliphatic carbocycles. The van der Waals surface area contributed by atoms with Crippen molar-refractivity contribution in [2.24, 2.45) is 10.9 Å². The molecule has 0 spiro atoms. The van der Waals surface area contributed by atoms with Crippen molar-refractivity contribution in [2.45, 2.75) is 19.8 Å². The van der Waals surface area contributed by atoms with Crippen molar-refractivity contribution >= 4 is 6.72 Å². The first-order valence-corrected chi connectivity index (χ1v) is 4.96. The fourth-order valence-corrected chi connectivity index (χ4v) is 1.21. The van der Waals surface area contributed by atoms with E-state index < -0.39 is 0 Å². The maximum atomic E-state index is 3.93. The van der Waals surface area contributed by atoms with Gasteiger partial charge in [0.1, 0.15) is 0 Å². The summed E-state index contributed by atoms with van der Waals surface area (Å²) in [5.74, 6) is 0.783. The molecule has 14 heavy (non-hydrogen) atoms. The fourth-order valence-electron chi connectivity index (χ4n) is 1.21. The second-order valence-electron chi connectivity index (χ2n) is 3.40. The summed E-state index contributed by atoms with van der Waals surface area (Å²) in [6, 6.07) is 0. The van der Waals surface area contributed by atoms with E-state index in [2.05, 4.69) is 30.4 Å². The molecule has 0 N–H and O–H groups in total. The third-order valence-electron chi connectivity index (χ3n) is 2.18. The van der Waals surface area contributed by atoms with Crippen LogP contribution in [-0.4, -0.2) is 6.72 Å². The van der Waals surface area contributed by atoms with Gasteiger partial charge in [0.25, 0.3) is 0 Å². The average molecular weight is 187 g/mol. The molecule has 0 atom stereocenters. The minimum absolute atomic E-state index is 0.783. The molecule has 0 amide bonds. The van der Waals surface area contributed by atoms with Crippen LogP contribution in [0.3, 0.4) is 0 Å². The molecule has 0 heterocycles. The SMILES string of the molecule is C=C/C(N=C)=C(\C=C/C)/C=C/C1CC1. The monoisotopic (exact) mass is 187 g/mol. The smallest absolute Gasteiger partial charge is 0.0688 e. The summed E-state index contributed by atoms with van der Waals surface area (Å²) < 4.78 is 0. The van der Waals surface area contributed by atoms with Crippen LogP contribution < -0.4 is 0 Å². The number of allylic oxidation sites excluding steroid dienone is 6. The first kappa shape index (κ1) is 10.7. The van der Waals surface area contributed by atoms with Crippen molar-refractivity contribution in [3.8, 4) is 0 Å². The Morgan fingerprint density at radius 2 is 2.07 bits per heavy atom. The van der Waals surface area contributed by atoms with Crippen LogP contribution in [0, 0.1) is 5.92 Å². The van der Waals surface area contributed by atoms with E-state index in [0.29, 0.717) is 0 Å². The van der Waals surface area contributed by atoms with E-state index >= 15 is 0 Å². The molecule has 0 aromatic rings. The topological polar surface area (TPSA) is 12.4 Å². The Kier molecular flexibility index (Phi) is 4.11. The van der Waals surface area contributed by atoms with Gasteiger partial charge in [0, 0.05) is 0 Å². The van der Waals surface area contributed by atoms with Gasteiger partial charge in [-0.3, -0.25) is 4.99 Å². The molecule has 1 aliphatic rings. The van der Waals surface area contributed by atoms with Crippen LogP contribution in [-0.2, 0) is 0 Å². The van der Waals surface area contributed by atoms with Crippen LogP contribution in [0.5, 0.6) is 0 Å². The molecule has 1 fully saturated rings. The van der Waals surface area contributed by atoms with Gasteiger partial charge >= 0.3 is 0 Å². The Balaban J connectivity index is 2.84. The van der Waals surface area contributed by atoms with Gasteiger partial charge in [-0.05, 0) is 44.0 Å². The van der Waals surface area contributed by atoms with Crippen molar-refractivity contribution in [3.05, 3.63) is 48.2 Å². The maximum absolute atomic E-state index is 3.93. The van der Waals surface area contributed by atoms with E-state index in [-0.39, 0.29) is 0 Å². The molecule has 0 aromatic heterocycles. The summed E-state index contributed by atoms with van der Waals surface area (Å²) in [7, 11) is 0. The van der Waals surface area contributed by atoms with Gasteiger partial charge in [-0.15, -0.1) is 0 Å². The molecule has 0 saturated heterocycles. The summed E-state index contributed by atoms with van der Waals surface area (Å²) in [4.78, 5) is 3.93. The molecule has 74 valence electrons. The highest BCUT2D eigenvalue weighted by Gasteiger charge is 2.17. The largest absolute Gasteiger partial charge is 0.264 e. The van der Waals surface area contributed by atoms with Crippen LogP contribution in [0.1, 0.15) is 19.8 Å². The summed E-state index contributed by atoms with van der Waals surface area (Å²) in [5, 5.41) is 0. The Hall–Kier alpha value is -1.37. The highest BCUT2D eigenvalue weighted by molar-refractivity contribution is 5.44. The molecule has 0 bridgehead atoms. The Labute approximate surface area is 86.2 Å². The molecule has 0 radical (unpaired) electrons. The van der Waals surface area contributed by atoms with E-state index in [9.17, 15) is 0 Å². The second kappa shape index (κ2) is 5.38. The number of nitrogens with zero attached hydrogens (tertiary/aromatic N) is 1. The molecule has 0 unspecified atom stereocenters. The minimum Gasteiger partial charge on any atom is -0.264 e. The van der Waals surface area contributed by atoms with E-state index in [1.54, 1.807) is 6.08 Å². The van der Waals surface area contributed by atoms with Crippen molar-refractivity contribution in [1.82, 2.24) is 0 Å². The molecule has 0 aromatic carbocycles.